The second-order valence-electron chi connectivity index (χ2n) is 11.0. The van der Waals surface area contributed by atoms with Gasteiger partial charge in [-0.15, -0.1) is 0 Å². The van der Waals surface area contributed by atoms with E-state index in [1.807, 2.05) is 110 Å². The van der Waals surface area contributed by atoms with E-state index in [9.17, 15) is 18.0 Å². The molecule has 45 heavy (non-hydrogen) atoms. The fraction of sp³-hybridized carbons (Fsp3) is 0.222. The number of nitrogens with zero attached hydrogens (tertiary/aromatic N) is 2. The van der Waals surface area contributed by atoms with E-state index in [1.165, 1.54) is 19.0 Å². The molecule has 1 atom stereocenters. The Kier molecular flexibility index (Phi) is 9.67. The van der Waals surface area contributed by atoms with Crippen LogP contribution in [0.2, 0.25) is 0 Å². The summed E-state index contributed by atoms with van der Waals surface area (Å²) in [6.45, 7) is 2.12. The Labute approximate surface area is 264 Å². The normalized spacial score (nSPS) is 14.3. The average molecular weight is 622 g/mol. The van der Waals surface area contributed by atoms with E-state index in [-0.39, 0.29) is 25.5 Å². The first kappa shape index (κ1) is 31.5. The van der Waals surface area contributed by atoms with Crippen LogP contribution in [-0.4, -0.2) is 56.2 Å². The molecule has 0 bridgehead atoms. The van der Waals surface area contributed by atoms with Crippen molar-refractivity contribution in [2.45, 2.75) is 31.8 Å². The van der Waals surface area contributed by atoms with E-state index in [0.29, 0.717) is 5.75 Å². The minimum atomic E-state index is -4.11. The number of hydrogen-bond donors (Lipinski definition) is 1. The van der Waals surface area contributed by atoms with Crippen LogP contribution in [0.4, 0.5) is 0 Å². The number of fused-ring (bicyclic) bond motifs is 1. The number of carbonyl (C=O) groups is 2. The lowest BCUT2D eigenvalue weighted by Gasteiger charge is -2.39. The number of benzene rings is 4. The Morgan fingerprint density at radius 2 is 1.49 bits per heavy atom. The Balaban J connectivity index is 1.53. The van der Waals surface area contributed by atoms with E-state index < -0.39 is 28.1 Å². The number of carbonyl (C=O) groups excluding carboxylic acids is 2. The van der Waals surface area contributed by atoms with Gasteiger partial charge in [-0.3, -0.25) is 9.59 Å². The van der Waals surface area contributed by atoms with Crippen LogP contribution in [0.15, 0.2) is 103 Å². The second kappa shape index (κ2) is 13.8. The smallest absolute Gasteiger partial charge is 0.303 e. The molecule has 0 saturated heterocycles. The van der Waals surface area contributed by atoms with Crippen molar-refractivity contribution in [1.82, 2.24) is 13.9 Å². The first-order valence-corrected chi connectivity index (χ1v) is 16.0. The van der Waals surface area contributed by atoms with Gasteiger partial charge >= 0.3 is 10.2 Å². The van der Waals surface area contributed by atoms with Crippen LogP contribution in [0.1, 0.15) is 39.3 Å². The van der Waals surface area contributed by atoms with Gasteiger partial charge < -0.3 is 9.64 Å². The molecule has 0 saturated carbocycles. The molecule has 4 aromatic rings. The Bertz CT molecular complexity index is 1790. The molecule has 2 amide bonds. The van der Waals surface area contributed by atoms with Crippen molar-refractivity contribution < 1.29 is 22.7 Å². The number of rotatable bonds is 8. The average Bonchev–Trinajstić information content (AvgIpc) is 3.04. The van der Waals surface area contributed by atoms with E-state index in [2.05, 4.69) is 16.6 Å². The summed E-state index contributed by atoms with van der Waals surface area (Å²) in [6.07, 6.45) is 0.0648. The van der Waals surface area contributed by atoms with Crippen molar-refractivity contribution in [2.75, 3.05) is 20.7 Å². The van der Waals surface area contributed by atoms with Gasteiger partial charge in [0.25, 0.3) is 5.91 Å². The summed E-state index contributed by atoms with van der Waals surface area (Å²) in [5.41, 5.74) is 4.82. The van der Waals surface area contributed by atoms with Crippen molar-refractivity contribution in [3.8, 4) is 17.6 Å². The van der Waals surface area contributed by atoms with Crippen molar-refractivity contribution in [2.24, 2.45) is 0 Å². The minimum Gasteiger partial charge on any atom is -0.480 e. The number of hydrogen-bond acceptors (Lipinski definition) is 5. The molecule has 1 aliphatic heterocycles. The predicted molar refractivity (Wildman–Crippen MR) is 174 cm³/mol. The summed E-state index contributed by atoms with van der Waals surface area (Å²) < 4.78 is 34.8. The molecule has 230 valence electrons. The van der Waals surface area contributed by atoms with E-state index in [1.54, 1.807) is 0 Å². The van der Waals surface area contributed by atoms with Gasteiger partial charge in [0.15, 0.2) is 0 Å². The zero-order valence-corrected chi connectivity index (χ0v) is 26.3. The van der Waals surface area contributed by atoms with Crippen molar-refractivity contribution in [3.05, 3.63) is 137 Å². The largest absolute Gasteiger partial charge is 0.480 e. The quantitative estimate of drug-likeness (QED) is 0.294. The van der Waals surface area contributed by atoms with Crippen LogP contribution in [0, 0.1) is 18.8 Å². The maximum atomic E-state index is 14.6. The van der Waals surface area contributed by atoms with Crippen LogP contribution in [-0.2, 0) is 32.8 Å². The standard InChI is InChI=1S/C36H35N3O5S/c1-26-21-22-30-25-39(36(41)33(28-17-9-5-10-18-28)29-19-11-6-12-20-29)32(35(40)37-45(42,43)38(2)3)24-31(30)34(26)44-23-13-16-27-14-7-4-8-15-27/h4-12,14-15,17-22,32-33H,23-25H2,1-3H3,(H,37,40)/t32-/m0/s1. The molecule has 1 N–H and O–H groups in total. The Hall–Kier alpha value is -4.91. The predicted octanol–water partition coefficient (Wildman–Crippen LogP) is 4.43. The number of nitrogens with one attached hydrogen (secondary N) is 1. The third-order valence-electron chi connectivity index (χ3n) is 7.77. The highest BCUT2D eigenvalue weighted by Crippen LogP contribution is 2.36. The van der Waals surface area contributed by atoms with E-state index in [4.69, 9.17) is 4.74 Å². The van der Waals surface area contributed by atoms with Crippen molar-refractivity contribution >= 4 is 22.0 Å². The Morgan fingerprint density at radius 1 is 0.911 bits per heavy atom. The van der Waals surface area contributed by atoms with Crippen LogP contribution in [0.5, 0.6) is 5.75 Å². The van der Waals surface area contributed by atoms with Crippen LogP contribution in [0.3, 0.4) is 0 Å². The molecule has 5 rings (SSSR count). The molecule has 4 aromatic carbocycles. The first-order chi connectivity index (χ1) is 21.7. The highest BCUT2D eigenvalue weighted by atomic mass is 32.2. The van der Waals surface area contributed by atoms with Gasteiger partial charge in [0.2, 0.25) is 5.91 Å². The van der Waals surface area contributed by atoms with Gasteiger partial charge in [0.05, 0.1) is 5.92 Å². The Morgan fingerprint density at radius 3 is 2.07 bits per heavy atom. The molecular formula is C36H35N3O5S. The first-order valence-electron chi connectivity index (χ1n) is 14.6. The summed E-state index contributed by atoms with van der Waals surface area (Å²) in [7, 11) is -1.44. The summed E-state index contributed by atoms with van der Waals surface area (Å²) in [6, 6.07) is 31.1. The van der Waals surface area contributed by atoms with E-state index >= 15 is 0 Å². The third kappa shape index (κ3) is 7.26. The number of ether oxygens (including phenoxy) is 1. The zero-order chi connectivity index (χ0) is 32.0. The molecule has 0 aromatic heterocycles. The molecule has 1 aliphatic rings. The monoisotopic (exact) mass is 621 g/mol. The minimum absolute atomic E-state index is 0.0648. The van der Waals surface area contributed by atoms with E-state index in [0.717, 1.165) is 37.7 Å². The fourth-order valence-electron chi connectivity index (χ4n) is 5.41. The zero-order valence-electron chi connectivity index (χ0n) is 25.4. The molecule has 8 nitrogen and oxygen atoms in total. The lowest BCUT2D eigenvalue weighted by molar-refractivity contribution is -0.141. The maximum Gasteiger partial charge on any atom is 0.303 e. The molecule has 1 heterocycles. The number of amides is 2. The van der Waals surface area contributed by atoms with Crippen LogP contribution in [0.25, 0.3) is 0 Å². The molecule has 0 aliphatic carbocycles. The lowest BCUT2D eigenvalue weighted by Crippen LogP contribution is -2.55. The number of aryl methyl sites for hydroxylation is 1. The third-order valence-corrected chi connectivity index (χ3v) is 9.19. The summed E-state index contributed by atoms with van der Waals surface area (Å²) >= 11 is 0. The van der Waals surface area contributed by atoms with Gasteiger partial charge in [0, 0.05) is 38.2 Å². The highest BCUT2D eigenvalue weighted by molar-refractivity contribution is 7.87. The molecule has 0 fully saturated rings. The fourth-order valence-corrected chi connectivity index (χ4v) is 5.98. The topological polar surface area (TPSA) is 96.0 Å². The SMILES string of the molecule is Cc1ccc2c(c1OCC#Cc1ccccc1)C[C@@H](C(=O)NS(=O)(=O)N(C)C)N(C(=O)C(c1ccccc1)c1ccccc1)C2. The van der Waals surface area contributed by atoms with Crippen molar-refractivity contribution in [3.63, 3.8) is 0 Å². The maximum absolute atomic E-state index is 14.6. The highest BCUT2D eigenvalue weighted by Gasteiger charge is 2.41. The van der Waals surface area contributed by atoms with Crippen molar-refractivity contribution in [1.29, 1.82) is 0 Å². The summed E-state index contributed by atoms with van der Waals surface area (Å²) in [4.78, 5) is 29.8. The van der Waals surface area contributed by atoms with Gasteiger partial charge in [-0.2, -0.15) is 12.7 Å². The van der Waals surface area contributed by atoms with Gasteiger partial charge in [-0.05, 0) is 41.3 Å². The van der Waals surface area contributed by atoms with Gasteiger partial charge in [-0.1, -0.05) is 103 Å². The summed E-state index contributed by atoms with van der Waals surface area (Å²) in [5, 5.41) is 0. The van der Waals surface area contributed by atoms with Crippen LogP contribution >= 0.6 is 0 Å². The molecular weight excluding hydrogens is 586 g/mol. The molecule has 9 heteroatoms. The van der Waals surface area contributed by atoms with Gasteiger partial charge in [-0.25, -0.2) is 4.72 Å². The lowest BCUT2D eigenvalue weighted by atomic mass is 9.86. The second-order valence-corrected chi connectivity index (χ2v) is 12.9. The summed E-state index contributed by atoms with van der Waals surface area (Å²) in [5.74, 6) is 4.90. The van der Waals surface area contributed by atoms with Gasteiger partial charge in [0.1, 0.15) is 18.4 Å². The molecule has 0 spiro atoms. The molecule has 0 unspecified atom stereocenters. The molecule has 0 radical (unpaired) electrons. The van der Waals surface area contributed by atoms with Crippen LogP contribution < -0.4 is 9.46 Å².